The maximum atomic E-state index is 13.2. The molecule has 4 nitrogen and oxygen atoms in total. The van der Waals surface area contributed by atoms with Crippen LogP contribution in [0.2, 0.25) is 0 Å². The quantitative estimate of drug-likeness (QED) is 0.826. The van der Waals surface area contributed by atoms with Crippen molar-refractivity contribution in [3.05, 3.63) is 65.7 Å². The fourth-order valence-electron chi connectivity index (χ4n) is 1.96. The largest absolute Gasteiger partial charge is 0.351 e. The van der Waals surface area contributed by atoms with E-state index in [9.17, 15) is 18.4 Å². The molecular formula is C18H18F2N2O2. The molecule has 0 aliphatic carbocycles. The van der Waals surface area contributed by atoms with Crippen LogP contribution in [0.15, 0.2) is 48.5 Å². The smallest absolute Gasteiger partial charge is 0.239 e. The summed E-state index contributed by atoms with van der Waals surface area (Å²) in [5, 5.41) is 5.12. The highest BCUT2D eigenvalue weighted by atomic mass is 19.2. The minimum Gasteiger partial charge on any atom is -0.351 e. The fourth-order valence-corrected chi connectivity index (χ4v) is 1.96. The molecule has 2 amide bonds. The van der Waals surface area contributed by atoms with Crippen molar-refractivity contribution in [2.24, 2.45) is 5.41 Å². The molecule has 0 saturated carbocycles. The number of rotatable bonds is 5. The first-order valence-corrected chi connectivity index (χ1v) is 7.39. The Morgan fingerprint density at radius 1 is 0.958 bits per heavy atom. The van der Waals surface area contributed by atoms with Crippen LogP contribution in [0.5, 0.6) is 0 Å². The van der Waals surface area contributed by atoms with E-state index < -0.39 is 28.9 Å². The molecule has 0 radical (unpaired) electrons. The van der Waals surface area contributed by atoms with Gasteiger partial charge in [-0.1, -0.05) is 30.3 Å². The second kappa shape index (κ2) is 7.21. The van der Waals surface area contributed by atoms with Crippen molar-refractivity contribution in [1.29, 1.82) is 0 Å². The number of carbonyl (C=O) groups is 2. The molecule has 0 heterocycles. The number of hydrogen-bond donors (Lipinski definition) is 2. The topological polar surface area (TPSA) is 58.2 Å². The Bertz CT molecular complexity index is 746. The van der Waals surface area contributed by atoms with Crippen molar-refractivity contribution in [2.75, 3.05) is 5.32 Å². The van der Waals surface area contributed by atoms with Gasteiger partial charge in [0.15, 0.2) is 11.6 Å². The highest BCUT2D eigenvalue weighted by Crippen LogP contribution is 2.20. The molecule has 0 aliphatic rings. The predicted octanol–water partition coefficient (Wildman–Crippen LogP) is 3.25. The molecule has 0 unspecified atom stereocenters. The van der Waals surface area contributed by atoms with Gasteiger partial charge in [0.25, 0.3) is 0 Å². The Balaban J connectivity index is 2.00. The third kappa shape index (κ3) is 4.16. The summed E-state index contributed by atoms with van der Waals surface area (Å²) in [6, 6.07) is 12.3. The number of benzene rings is 2. The van der Waals surface area contributed by atoms with Crippen molar-refractivity contribution in [2.45, 2.75) is 20.4 Å². The average Bonchev–Trinajstić information content (AvgIpc) is 2.56. The zero-order chi connectivity index (χ0) is 17.7. The molecule has 0 fully saturated rings. The van der Waals surface area contributed by atoms with Gasteiger partial charge in [-0.3, -0.25) is 9.59 Å². The van der Waals surface area contributed by atoms with Gasteiger partial charge in [-0.05, 0) is 31.5 Å². The average molecular weight is 332 g/mol. The van der Waals surface area contributed by atoms with E-state index >= 15 is 0 Å². The maximum absolute atomic E-state index is 13.2. The van der Waals surface area contributed by atoms with Crippen LogP contribution < -0.4 is 10.6 Å². The van der Waals surface area contributed by atoms with Crippen LogP contribution in [0.3, 0.4) is 0 Å². The summed E-state index contributed by atoms with van der Waals surface area (Å²) < 4.78 is 26.1. The lowest BCUT2D eigenvalue weighted by Gasteiger charge is -2.22. The molecular weight excluding hydrogens is 314 g/mol. The molecule has 0 saturated heterocycles. The SMILES string of the molecule is CC(C)(C(=O)NCc1ccccc1)C(=O)Nc1ccc(F)c(F)c1. The Hall–Kier alpha value is -2.76. The summed E-state index contributed by atoms with van der Waals surface area (Å²) in [5.74, 6) is -3.16. The van der Waals surface area contributed by atoms with Crippen molar-refractivity contribution < 1.29 is 18.4 Å². The van der Waals surface area contributed by atoms with Gasteiger partial charge >= 0.3 is 0 Å². The lowest BCUT2D eigenvalue weighted by molar-refractivity contribution is -0.138. The van der Waals surface area contributed by atoms with E-state index in [0.29, 0.717) is 6.54 Å². The minimum absolute atomic E-state index is 0.0860. The number of amides is 2. The lowest BCUT2D eigenvalue weighted by Crippen LogP contribution is -2.44. The van der Waals surface area contributed by atoms with Crippen LogP contribution in [0.4, 0.5) is 14.5 Å². The van der Waals surface area contributed by atoms with Gasteiger partial charge in [-0.25, -0.2) is 8.78 Å². The zero-order valence-electron chi connectivity index (χ0n) is 13.4. The van der Waals surface area contributed by atoms with E-state index in [1.54, 1.807) is 0 Å². The van der Waals surface area contributed by atoms with Crippen molar-refractivity contribution in [3.8, 4) is 0 Å². The highest BCUT2D eigenvalue weighted by molar-refractivity contribution is 6.09. The Labute approximate surface area is 138 Å². The van der Waals surface area contributed by atoms with Crippen LogP contribution >= 0.6 is 0 Å². The van der Waals surface area contributed by atoms with Gasteiger partial charge < -0.3 is 10.6 Å². The van der Waals surface area contributed by atoms with Crippen LogP contribution in [0, 0.1) is 17.0 Å². The second-order valence-corrected chi connectivity index (χ2v) is 5.88. The third-order valence-corrected chi connectivity index (χ3v) is 3.61. The van der Waals surface area contributed by atoms with Crippen molar-refractivity contribution in [1.82, 2.24) is 5.32 Å². The van der Waals surface area contributed by atoms with Gasteiger partial charge in [-0.15, -0.1) is 0 Å². The van der Waals surface area contributed by atoms with Gasteiger partial charge in [0, 0.05) is 18.3 Å². The van der Waals surface area contributed by atoms with Crippen LogP contribution in [-0.2, 0) is 16.1 Å². The van der Waals surface area contributed by atoms with E-state index in [-0.39, 0.29) is 5.69 Å². The summed E-state index contributed by atoms with van der Waals surface area (Å²) in [5.41, 5.74) is -0.384. The monoisotopic (exact) mass is 332 g/mol. The number of nitrogens with one attached hydrogen (secondary N) is 2. The third-order valence-electron chi connectivity index (χ3n) is 3.61. The molecule has 6 heteroatoms. The molecule has 126 valence electrons. The molecule has 2 N–H and O–H groups in total. The lowest BCUT2D eigenvalue weighted by atomic mass is 9.90. The zero-order valence-corrected chi connectivity index (χ0v) is 13.4. The van der Waals surface area contributed by atoms with Crippen LogP contribution in [0.25, 0.3) is 0 Å². The summed E-state index contributed by atoms with van der Waals surface area (Å²) in [7, 11) is 0. The van der Waals surface area contributed by atoms with E-state index in [4.69, 9.17) is 0 Å². The van der Waals surface area contributed by atoms with Crippen molar-refractivity contribution >= 4 is 17.5 Å². The van der Waals surface area contributed by atoms with E-state index in [2.05, 4.69) is 10.6 Å². The molecule has 0 atom stereocenters. The molecule has 0 spiro atoms. The minimum atomic E-state index is -1.38. The summed E-state index contributed by atoms with van der Waals surface area (Å²) in [4.78, 5) is 24.6. The summed E-state index contributed by atoms with van der Waals surface area (Å²) in [6.45, 7) is 3.21. The fraction of sp³-hybridized carbons (Fsp3) is 0.222. The first-order chi connectivity index (χ1) is 11.3. The van der Waals surface area contributed by atoms with Gasteiger partial charge in [-0.2, -0.15) is 0 Å². The van der Waals surface area contributed by atoms with Crippen molar-refractivity contribution in [3.63, 3.8) is 0 Å². The van der Waals surface area contributed by atoms with E-state index in [0.717, 1.165) is 17.7 Å². The Morgan fingerprint density at radius 3 is 2.25 bits per heavy atom. The molecule has 2 aromatic rings. The van der Waals surface area contributed by atoms with Crippen LogP contribution in [-0.4, -0.2) is 11.8 Å². The normalized spacial score (nSPS) is 11.0. The maximum Gasteiger partial charge on any atom is 0.239 e. The number of hydrogen-bond acceptors (Lipinski definition) is 2. The molecule has 0 aromatic heterocycles. The number of carbonyl (C=O) groups excluding carboxylic acids is 2. The molecule has 24 heavy (non-hydrogen) atoms. The van der Waals surface area contributed by atoms with Gasteiger partial charge in [0.1, 0.15) is 5.41 Å². The molecule has 2 aromatic carbocycles. The van der Waals surface area contributed by atoms with Crippen LogP contribution in [0.1, 0.15) is 19.4 Å². The predicted molar refractivity (Wildman–Crippen MR) is 87.1 cm³/mol. The van der Waals surface area contributed by atoms with Gasteiger partial charge in [0.2, 0.25) is 11.8 Å². The number of anilines is 1. The van der Waals surface area contributed by atoms with E-state index in [1.807, 2.05) is 30.3 Å². The Kier molecular flexibility index (Phi) is 5.28. The first-order valence-electron chi connectivity index (χ1n) is 7.39. The highest BCUT2D eigenvalue weighted by Gasteiger charge is 2.36. The van der Waals surface area contributed by atoms with E-state index in [1.165, 1.54) is 19.9 Å². The second-order valence-electron chi connectivity index (χ2n) is 5.88. The molecule has 2 rings (SSSR count). The summed E-state index contributed by atoms with van der Waals surface area (Å²) >= 11 is 0. The summed E-state index contributed by atoms with van der Waals surface area (Å²) in [6.07, 6.45) is 0. The Morgan fingerprint density at radius 2 is 1.62 bits per heavy atom. The number of halogens is 2. The standard InChI is InChI=1S/C18H18F2N2O2/c1-18(2,16(23)21-11-12-6-4-3-5-7-12)17(24)22-13-8-9-14(19)15(20)10-13/h3-10H,11H2,1-2H3,(H,21,23)(H,22,24). The van der Waals surface area contributed by atoms with Gasteiger partial charge in [0.05, 0.1) is 0 Å². The first kappa shape index (κ1) is 17.6. The molecule has 0 bridgehead atoms. The molecule has 0 aliphatic heterocycles.